The molecule has 8 amide bonds. The Bertz CT molecular complexity index is 1790. The maximum absolute atomic E-state index is 13.9. The lowest BCUT2D eigenvalue weighted by atomic mass is 9.96. The summed E-state index contributed by atoms with van der Waals surface area (Å²) in [7, 11) is 0. The van der Waals surface area contributed by atoms with E-state index in [2.05, 4.69) is 47.5 Å². The van der Waals surface area contributed by atoms with Crippen molar-refractivity contribution in [1.29, 1.82) is 0 Å². The Kier molecular flexibility index (Phi) is 32.4. The lowest BCUT2D eigenvalue weighted by Gasteiger charge is -2.29. The number of carboxylic acid groups (broad SMARTS) is 2. The highest BCUT2D eigenvalue weighted by Crippen LogP contribution is 2.14. The molecule has 0 rings (SSSR count). The van der Waals surface area contributed by atoms with E-state index in [9.17, 15) is 63.3 Å². The number of hydrogen-bond acceptors (Lipinski definition) is 15. The third-order valence-electron chi connectivity index (χ3n) is 11.5. The second kappa shape index (κ2) is 35.3. The molecule has 0 aromatic rings. The van der Waals surface area contributed by atoms with Crippen LogP contribution in [0.2, 0.25) is 0 Å². The molecule has 71 heavy (non-hydrogen) atoms. The Morgan fingerprint density at radius 3 is 1.58 bits per heavy atom. The first kappa shape index (κ1) is 65.2. The highest BCUT2D eigenvalue weighted by Gasteiger charge is 2.35. The van der Waals surface area contributed by atoms with E-state index in [1.54, 1.807) is 34.6 Å². The molecule has 0 spiro atoms. The Hall–Kier alpha value is -5.80. The molecule has 0 aliphatic carbocycles. The van der Waals surface area contributed by atoms with Gasteiger partial charge in [0.1, 0.15) is 42.3 Å². The number of aliphatic imine (C=N–C) groups is 1. The summed E-state index contributed by atoms with van der Waals surface area (Å²) < 4.78 is 0. The van der Waals surface area contributed by atoms with E-state index < -0.39 is 145 Å². The Morgan fingerprint density at radius 1 is 0.592 bits per heavy atom. The monoisotopic (exact) mass is 1030 g/mol. The van der Waals surface area contributed by atoms with Crippen LogP contribution in [0.3, 0.4) is 0 Å². The standard InChI is InChI=1S/C44H81N13O13S/c1-8-24(5)34(57-39(65)29(17-20-71-7)53-42(68)35(25(6)9-2)56-36(62)26(46)13-10-11-18-45)40(66)50-21-31(59)55-33(23(3)4)41(67)52-28(15-16-32(60)61)38(64)51-27(14-12-19-49-44(47)48)37(63)54-30(22-58)43(69)70/h23-30,33-35,58H,8-22,45-46H2,1-7H3,(H,50,66)(H,51,64)(H,52,67)(H,53,68)(H,54,63)(H,55,59)(H,56,62)(H,57,65)(H,60,61)(H,69,70)(H4,47,48,49)/t24-,25-,26-,27-,28-,29-,30-,33-,34-,35-/m0/s1. The van der Waals surface area contributed by atoms with Gasteiger partial charge in [-0.3, -0.25) is 48.1 Å². The highest BCUT2D eigenvalue weighted by molar-refractivity contribution is 7.98. The van der Waals surface area contributed by atoms with E-state index in [-0.39, 0.29) is 37.7 Å². The van der Waals surface area contributed by atoms with Gasteiger partial charge in [-0.25, -0.2) is 4.79 Å². The van der Waals surface area contributed by atoms with Crippen LogP contribution in [-0.4, -0.2) is 167 Å². The Balaban J connectivity index is 6.23. The molecule has 27 heteroatoms. The van der Waals surface area contributed by atoms with Crippen LogP contribution in [0.15, 0.2) is 4.99 Å². The van der Waals surface area contributed by atoms with Crippen LogP contribution in [0, 0.1) is 17.8 Å². The maximum atomic E-state index is 13.9. The predicted octanol–water partition coefficient (Wildman–Crippen LogP) is -3.55. The summed E-state index contributed by atoms with van der Waals surface area (Å²) in [4.78, 5) is 135. The van der Waals surface area contributed by atoms with E-state index in [0.29, 0.717) is 44.4 Å². The lowest BCUT2D eigenvalue weighted by molar-refractivity contribution is -0.143. The Morgan fingerprint density at radius 2 is 1.08 bits per heavy atom. The molecule has 0 heterocycles. The van der Waals surface area contributed by atoms with Gasteiger partial charge in [0.05, 0.1) is 19.2 Å². The molecular weight excluding hydrogens is 951 g/mol. The zero-order valence-electron chi connectivity index (χ0n) is 42.0. The molecule has 406 valence electrons. The van der Waals surface area contributed by atoms with E-state index in [1.807, 2.05) is 13.2 Å². The molecule has 0 aliphatic heterocycles. The summed E-state index contributed by atoms with van der Waals surface area (Å²) in [6, 6.07) is -10.4. The summed E-state index contributed by atoms with van der Waals surface area (Å²) in [5.74, 6) is -10.6. The van der Waals surface area contributed by atoms with Crippen molar-refractivity contribution in [3.05, 3.63) is 0 Å². The quantitative estimate of drug-likeness (QED) is 0.0163. The van der Waals surface area contributed by atoms with E-state index in [1.165, 1.54) is 11.8 Å². The minimum Gasteiger partial charge on any atom is -0.481 e. The molecule has 0 aromatic carbocycles. The van der Waals surface area contributed by atoms with Gasteiger partial charge in [-0.2, -0.15) is 11.8 Å². The third kappa shape index (κ3) is 25.8. The molecule has 0 radical (unpaired) electrons. The van der Waals surface area contributed by atoms with Crippen LogP contribution in [0.4, 0.5) is 0 Å². The van der Waals surface area contributed by atoms with Crippen LogP contribution in [0.1, 0.15) is 106 Å². The summed E-state index contributed by atoms with van der Waals surface area (Å²) in [6.45, 7) is 9.01. The average molecular weight is 1030 g/mol. The second-order valence-electron chi connectivity index (χ2n) is 17.6. The fourth-order valence-electron chi connectivity index (χ4n) is 6.66. The lowest BCUT2D eigenvalue weighted by Crippen LogP contribution is -2.60. The topological polar surface area (TPSA) is 444 Å². The SMILES string of the molecule is CC[C@H](C)[C@H](NC(=O)[C@H](CCSC)NC(=O)[C@@H](NC(=O)[C@@H](N)CCCCN)[C@@H](C)CC)C(=O)NCC(=O)N[C@H](C(=O)N[C@@H](CCC(=O)O)C(=O)N[C@@H](CCCN=C(N)N)C(=O)N[C@@H](CO)C(=O)O)C(C)C. The van der Waals surface area contributed by atoms with Crippen molar-refractivity contribution in [2.24, 2.45) is 45.7 Å². The first-order valence-electron chi connectivity index (χ1n) is 23.8. The number of guanidine groups is 1. The number of aliphatic hydroxyl groups is 1. The van der Waals surface area contributed by atoms with Gasteiger partial charge in [-0.05, 0) is 74.8 Å². The first-order chi connectivity index (χ1) is 33.4. The summed E-state index contributed by atoms with van der Waals surface area (Å²) in [5, 5.41) is 48.2. The molecule has 0 saturated heterocycles. The summed E-state index contributed by atoms with van der Waals surface area (Å²) in [6.07, 6.45) is 3.39. The molecule has 10 atom stereocenters. The van der Waals surface area contributed by atoms with Gasteiger partial charge < -0.3 is 80.8 Å². The third-order valence-corrected chi connectivity index (χ3v) is 12.1. The van der Waals surface area contributed by atoms with Crippen LogP contribution < -0.4 is 65.5 Å². The number of aliphatic carboxylic acids is 2. The molecule has 0 fully saturated rings. The number of nitrogens with zero attached hydrogens (tertiary/aromatic N) is 1. The van der Waals surface area contributed by atoms with Gasteiger partial charge in [0, 0.05) is 13.0 Å². The number of nitrogens with two attached hydrogens (primary N) is 4. The number of amides is 8. The number of hydrogen-bond donors (Lipinski definition) is 15. The number of aliphatic hydroxyl groups excluding tert-OH is 1. The molecule has 0 saturated carbocycles. The van der Waals surface area contributed by atoms with Crippen LogP contribution in [0.5, 0.6) is 0 Å². The first-order valence-corrected chi connectivity index (χ1v) is 25.2. The molecule has 0 bridgehead atoms. The summed E-state index contributed by atoms with van der Waals surface area (Å²) in [5.41, 5.74) is 22.3. The molecule has 0 aliphatic rings. The number of nitrogens with one attached hydrogen (secondary N) is 8. The highest BCUT2D eigenvalue weighted by atomic mass is 32.2. The molecular formula is C44H81N13O13S. The number of carbonyl (C=O) groups excluding carboxylic acids is 8. The van der Waals surface area contributed by atoms with Crippen molar-refractivity contribution in [2.75, 3.05) is 38.2 Å². The zero-order chi connectivity index (χ0) is 54.4. The van der Waals surface area contributed by atoms with E-state index in [0.717, 1.165) is 0 Å². The van der Waals surface area contributed by atoms with Gasteiger partial charge >= 0.3 is 11.9 Å². The van der Waals surface area contributed by atoms with Crippen molar-refractivity contribution >= 4 is 76.9 Å². The number of rotatable bonds is 37. The van der Waals surface area contributed by atoms with E-state index >= 15 is 0 Å². The molecule has 26 nitrogen and oxygen atoms in total. The number of carboxylic acids is 2. The minimum atomic E-state index is -1.73. The molecule has 0 unspecified atom stereocenters. The second-order valence-corrected chi connectivity index (χ2v) is 18.6. The fraction of sp³-hybridized carbons (Fsp3) is 0.750. The van der Waals surface area contributed by atoms with Gasteiger partial charge in [0.15, 0.2) is 5.96 Å². The minimum absolute atomic E-state index is 0.000778. The van der Waals surface area contributed by atoms with Crippen molar-refractivity contribution < 1.29 is 63.3 Å². The van der Waals surface area contributed by atoms with Crippen molar-refractivity contribution in [1.82, 2.24) is 42.5 Å². The summed E-state index contributed by atoms with van der Waals surface area (Å²) >= 11 is 1.42. The van der Waals surface area contributed by atoms with E-state index in [4.69, 9.17) is 22.9 Å². The van der Waals surface area contributed by atoms with Crippen molar-refractivity contribution in [3.63, 3.8) is 0 Å². The van der Waals surface area contributed by atoms with Gasteiger partial charge in [0.25, 0.3) is 0 Å². The predicted molar refractivity (Wildman–Crippen MR) is 266 cm³/mol. The van der Waals surface area contributed by atoms with Crippen molar-refractivity contribution in [2.45, 2.75) is 154 Å². The van der Waals surface area contributed by atoms with Crippen molar-refractivity contribution in [3.8, 4) is 0 Å². The normalized spacial score (nSPS) is 15.3. The number of carbonyl (C=O) groups is 10. The number of unbranched alkanes of at least 4 members (excludes halogenated alkanes) is 1. The van der Waals surface area contributed by atoms with Gasteiger partial charge in [-0.15, -0.1) is 0 Å². The zero-order valence-corrected chi connectivity index (χ0v) is 42.9. The van der Waals surface area contributed by atoms with Crippen LogP contribution >= 0.6 is 11.8 Å². The largest absolute Gasteiger partial charge is 0.481 e. The van der Waals surface area contributed by atoms with Crippen LogP contribution in [0.25, 0.3) is 0 Å². The van der Waals surface area contributed by atoms with Gasteiger partial charge in [0.2, 0.25) is 47.3 Å². The van der Waals surface area contributed by atoms with Gasteiger partial charge in [-0.1, -0.05) is 60.8 Å². The fourth-order valence-corrected chi connectivity index (χ4v) is 7.13. The smallest absolute Gasteiger partial charge is 0.328 e. The molecule has 19 N–H and O–H groups in total. The van der Waals surface area contributed by atoms with Crippen LogP contribution in [-0.2, 0) is 47.9 Å². The average Bonchev–Trinajstić information content (AvgIpc) is 3.32. The maximum Gasteiger partial charge on any atom is 0.328 e. The number of thioether (sulfide) groups is 1. The molecule has 0 aromatic heterocycles. The Labute approximate surface area is 419 Å².